The number of hydrogen-bond acceptors (Lipinski definition) is 5. The van der Waals surface area contributed by atoms with Crippen molar-refractivity contribution in [1.82, 2.24) is 14.8 Å². The Morgan fingerprint density at radius 2 is 1.83 bits per heavy atom. The van der Waals surface area contributed by atoms with Crippen LogP contribution in [0.5, 0.6) is 11.5 Å². The van der Waals surface area contributed by atoms with Crippen molar-refractivity contribution in [2.45, 2.75) is 64.2 Å². The predicted molar refractivity (Wildman–Crippen MR) is 133 cm³/mol. The van der Waals surface area contributed by atoms with E-state index in [-0.39, 0.29) is 31.2 Å². The molecule has 36 heavy (non-hydrogen) atoms. The second-order valence-electron chi connectivity index (χ2n) is 10.5. The molecule has 1 saturated carbocycles. The maximum Gasteiger partial charge on any atom is 0.271 e. The fraction of sp³-hybridized carbons (Fsp3) is 0.429. The summed E-state index contributed by atoms with van der Waals surface area (Å²) >= 11 is 0. The standard InChI is InChI=1S/C28H31N3O5/c1-18-5-8-20(9-6-18)29-27(33)28(2)16-30-21(23-4-3-13-34-23)10-11-22(30)26(32)31(28)15-19-7-12-24-25(14-19)36-17-35-24/h3-4,7,10-14,18,20H,5-6,8-9,15-17H2,1-2H3,(H,29,33). The number of nitrogens with zero attached hydrogens (tertiary/aromatic N) is 2. The van der Waals surface area contributed by atoms with Crippen LogP contribution in [-0.4, -0.2) is 39.7 Å². The highest BCUT2D eigenvalue weighted by Gasteiger charge is 2.48. The molecule has 2 amide bonds. The molecular formula is C28H31N3O5. The van der Waals surface area contributed by atoms with Gasteiger partial charge in [0.15, 0.2) is 11.5 Å². The van der Waals surface area contributed by atoms with Crippen molar-refractivity contribution >= 4 is 11.8 Å². The Bertz CT molecular complexity index is 1290. The highest BCUT2D eigenvalue weighted by Crippen LogP contribution is 2.37. The lowest BCUT2D eigenvalue weighted by atomic mass is 9.86. The lowest BCUT2D eigenvalue weighted by Crippen LogP contribution is -2.64. The molecule has 1 aliphatic carbocycles. The molecule has 2 aromatic heterocycles. The van der Waals surface area contributed by atoms with Crippen LogP contribution in [-0.2, 0) is 17.9 Å². The summed E-state index contributed by atoms with van der Waals surface area (Å²) in [7, 11) is 0. The lowest BCUT2D eigenvalue weighted by molar-refractivity contribution is -0.134. The van der Waals surface area contributed by atoms with Gasteiger partial charge >= 0.3 is 0 Å². The summed E-state index contributed by atoms with van der Waals surface area (Å²) in [6.07, 6.45) is 5.75. The number of furan rings is 1. The van der Waals surface area contributed by atoms with Crippen LogP contribution in [0.2, 0.25) is 0 Å². The molecule has 1 atom stereocenters. The molecule has 0 radical (unpaired) electrons. The number of rotatable bonds is 5. The van der Waals surface area contributed by atoms with Gasteiger partial charge in [-0.05, 0) is 80.5 Å². The maximum atomic E-state index is 13.9. The fourth-order valence-corrected chi connectivity index (χ4v) is 5.63. The SMILES string of the molecule is CC1CCC(NC(=O)C2(C)Cn3c(ccc3-c3ccco3)C(=O)N2Cc2ccc3c(c2)OCO3)CC1. The summed E-state index contributed by atoms with van der Waals surface area (Å²) in [5, 5.41) is 3.29. The maximum absolute atomic E-state index is 13.9. The molecule has 1 N–H and O–H groups in total. The minimum atomic E-state index is -1.09. The van der Waals surface area contributed by atoms with Crippen molar-refractivity contribution < 1.29 is 23.5 Å². The highest BCUT2D eigenvalue weighted by molar-refractivity contribution is 6.00. The van der Waals surface area contributed by atoms with Gasteiger partial charge in [-0.3, -0.25) is 9.59 Å². The molecule has 1 fully saturated rings. The summed E-state index contributed by atoms with van der Waals surface area (Å²) < 4.78 is 18.5. The highest BCUT2D eigenvalue weighted by atomic mass is 16.7. The Kier molecular flexibility index (Phi) is 5.54. The number of benzene rings is 1. The van der Waals surface area contributed by atoms with Gasteiger partial charge < -0.3 is 28.7 Å². The average molecular weight is 490 g/mol. The van der Waals surface area contributed by atoms with E-state index in [4.69, 9.17) is 13.9 Å². The average Bonchev–Trinajstić information content (AvgIpc) is 3.63. The minimum Gasteiger partial charge on any atom is -0.463 e. The van der Waals surface area contributed by atoms with E-state index in [1.54, 1.807) is 11.2 Å². The van der Waals surface area contributed by atoms with Crippen LogP contribution in [0.4, 0.5) is 0 Å². The van der Waals surface area contributed by atoms with Crippen molar-refractivity contribution in [3.8, 4) is 23.0 Å². The third-order valence-corrected chi connectivity index (χ3v) is 7.90. The van der Waals surface area contributed by atoms with Crippen LogP contribution in [0.3, 0.4) is 0 Å². The van der Waals surface area contributed by atoms with Crippen LogP contribution in [0.25, 0.3) is 11.5 Å². The van der Waals surface area contributed by atoms with Gasteiger partial charge in [-0.15, -0.1) is 0 Å². The zero-order valence-electron chi connectivity index (χ0n) is 20.7. The van der Waals surface area contributed by atoms with Gasteiger partial charge in [0.05, 0.1) is 18.5 Å². The van der Waals surface area contributed by atoms with E-state index < -0.39 is 5.54 Å². The van der Waals surface area contributed by atoms with Crippen LogP contribution in [0, 0.1) is 5.92 Å². The number of aromatic nitrogens is 1. The molecular weight excluding hydrogens is 458 g/mol. The van der Waals surface area contributed by atoms with Crippen LogP contribution in [0.15, 0.2) is 53.1 Å². The van der Waals surface area contributed by atoms with Crippen molar-refractivity contribution in [2.24, 2.45) is 5.92 Å². The molecule has 4 heterocycles. The Balaban J connectivity index is 1.35. The van der Waals surface area contributed by atoms with E-state index in [1.165, 1.54) is 0 Å². The number of carbonyl (C=O) groups is 2. The normalized spacial score (nSPS) is 25.1. The van der Waals surface area contributed by atoms with Gasteiger partial charge in [0.2, 0.25) is 12.7 Å². The first-order chi connectivity index (χ1) is 17.4. The Labute approximate surface area is 210 Å². The largest absolute Gasteiger partial charge is 0.463 e. The molecule has 0 bridgehead atoms. The zero-order chi connectivity index (χ0) is 24.9. The van der Waals surface area contributed by atoms with Gasteiger partial charge in [0.1, 0.15) is 17.0 Å². The van der Waals surface area contributed by atoms with Crippen molar-refractivity contribution in [3.05, 3.63) is 60.0 Å². The summed E-state index contributed by atoms with van der Waals surface area (Å²) in [5.41, 5.74) is 1.11. The molecule has 0 saturated heterocycles. The van der Waals surface area contributed by atoms with Gasteiger partial charge in [0.25, 0.3) is 5.91 Å². The molecule has 0 spiro atoms. The second-order valence-corrected chi connectivity index (χ2v) is 10.5. The molecule has 8 nitrogen and oxygen atoms in total. The number of carbonyl (C=O) groups excluding carboxylic acids is 2. The van der Waals surface area contributed by atoms with Crippen molar-refractivity contribution in [1.29, 1.82) is 0 Å². The van der Waals surface area contributed by atoms with Gasteiger partial charge in [-0.25, -0.2) is 0 Å². The Morgan fingerprint density at radius 1 is 1.06 bits per heavy atom. The van der Waals surface area contributed by atoms with Gasteiger partial charge in [0, 0.05) is 12.6 Å². The number of fused-ring (bicyclic) bond motifs is 2. The number of ether oxygens (including phenoxy) is 2. The molecule has 3 aromatic rings. The van der Waals surface area contributed by atoms with E-state index >= 15 is 0 Å². The van der Waals surface area contributed by atoms with Crippen molar-refractivity contribution in [2.75, 3.05) is 6.79 Å². The number of nitrogens with one attached hydrogen (secondary N) is 1. The Morgan fingerprint density at radius 3 is 2.61 bits per heavy atom. The van der Waals surface area contributed by atoms with E-state index in [2.05, 4.69) is 12.2 Å². The minimum absolute atomic E-state index is 0.124. The monoisotopic (exact) mass is 489 g/mol. The van der Waals surface area contributed by atoms with Crippen molar-refractivity contribution in [3.63, 3.8) is 0 Å². The first-order valence-corrected chi connectivity index (χ1v) is 12.7. The van der Waals surface area contributed by atoms with Gasteiger partial charge in [-0.1, -0.05) is 13.0 Å². The first kappa shape index (κ1) is 22.8. The van der Waals surface area contributed by atoms with Crippen LogP contribution < -0.4 is 14.8 Å². The lowest BCUT2D eigenvalue weighted by Gasteiger charge is -2.45. The van der Waals surface area contributed by atoms with Crippen LogP contribution in [0.1, 0.15) is 55.6 Å². The molecule has 1 aromatic carbocycles. The number of hydrogen-bond donors (Lipinski definition) is 1. The molecule has 3 aliphatic rings. The zero-order valence-corrected chi connectivity index (χ0v) is 20.7. The molecule has 8 heteroatoms. The van der Waals surface area contributed by atoms with E-state index in [0.717, 1.165) is 36.9 Å². The summed E-state index contributed by atoms with van der Waals surface area (Å²) in [5.74, 6) is 2.39. The smallest absolute Gasteiger partial charge is 0.271 e. The van der Waals surface area contributed by atoms with E-state index in [9.17, 15) is 9.59 Å². The third kappa shape index (κ3) is 3.85. The second kappa shape index (κ2) is 8.76. The fourth-order valence-electron chi connectivity index (χ4n) is 5.63. The topological polar surface area (TPSA) is 85.9 Å². The summed E-state index contributed by atoms with van der Waals surface area (Å²) in [6.45, 7) is 4.92. The Hall–Kier alpha value is -3.68. The molecule has 188 valence electrons. The van der Waals surface area contributed by atoms with Gasteiger partial charge in [-0.2, -0.15) is 0 Å². The first-order valence-electron chi connectivity index (χ1n) is 12.7. The molecule has 1 unspecified atom stereocenters. The predicted octanol–water partition coefficient (Wildman–Crippen LogP) is 4.59. The van der Waals surface area contributed by atoms with Crippen LogP contribution >= 0.6 is 0 Å². The van der Waals surface area contributed by atoms with E-state index in [0.29, 0.717) is 35.4 Å². The molecule has 2 aliphatic heterocycles. The molecule has 6 rings (SSSR count). The number of amides is 2. The quantitative estimate of drug-likeness (QED) is 0.567. The summed E-state index contributed by atoms with van der Waals surface area (Å²) in [4.78, 5) is 29.6. The summed E-state index contributed by atoms with van der Waals surface area (Å²) in [6, 6.07) is 13.2. The third-order valence-electron chi connectivity index (χ3n) is 7.90. The van der Waals surface area contributed by atoms with E-state index in [1.807, 2.05) is 54.0 Å².